The molecule has 1 aromatic heterocycles. The molecule has 2 rings (SSSR count). The lowest BCUT2D eigenvalue weighted by Gasteiger charge is -1.97. The second-order valence-electron chi connectivity index (χ2n) is 2.66. The molecule has 0 atom stereocenters. The van der Waals surface area contributed by atoms with Gasteiger partial charge in [-0.25, -0.2) is 4.98 Å². The van der Waals surface area contributed by atoms with Crippen molar-refractivity contribution in [2.45, 2.75) is 0 Å². The average Bonchev–Trinajstić information content (AvgIpc) is 2.17. The van der Waals surface area contributed by atoms with Gasteiger partial charge in [-0.05, 0) is 6.07 Å². The monoisotopic (exact) mass is 207 g/mol. The highest BCUT2D eigenvalue weighted by molar-refractivity contribution is 7.71. The van der Waals surface area contributed by atoms with Crippen LogP contribution >= 0.6 is 12.2 Å². The molecule has 1 N–H and O–H groups in total. The minimum Gasteiger partial charge on any atom is -0.346 e. The molecule has 14 heavy (non-hydrogen) atoms. The van der Waals surface area contributed by atoms with E-state index in [-0.39, 0.29) is 10.3 Å². The van der Waals surface area contributed by atoms with Crippen LogP contribution in [-0.2, 0) is 0 Å². The number of non-ortho nitro benzene ring substituents is 1. The largest absolute Gasteiger partial charge is 0.346 e. The first-order chi connectivity index (χ1) is 6.70. The number of fused-ring (bicyclic) bond motifs is 1. The summed E-state index contributed by atoms with van der Waals surface area (Å²) < 4.78 is 0.242. The normalized spacial score (nSPS) is 10.3. The van der Waals surface area contributed by atoms with E-state index in [1.165, 1.54) is 12.4 Å². The Morgan fingerprint density at radius 2 is 2.29 bits per heavy atom. The van der Waals surface area contributed by atoms with Crippen molar-refractivity contribution in [1.29, 1.82) is 0 Å². The van der Waals surface area contributed by atoms with Crippen LogP contribution in [0.15, 0.2) is 24.5 Å². The quantitative estimate of drug-likeness (QED) is 0.442. The van der Waals surface area contributed by atoms with Gasteiger partial charge < -0.3 is 4.98 Å². The van der Waals surface area contributed by atoms with Crippen LogP contribution in [0.4, 0.5) is 5.69 Å². The molecule has 0 unspecified atom stereocenters. The highest BCUT2D eigenvalue weighted by Crippen LogP contribution is 2.23. The molecule has 0 amide bonds. The van der Waals surface area contributed by atoms with Crippen molar-refractivity contribution in [3.8, 4) is 0 Å². The molecule has 2 aromatic rings. The van der Waals surface area contributed by atoms with E-state index in [1.54, 1.807) is 12.1 Å². The van der Waals surface area contributed by atoms with Crippen molar-refractivity contribution < 1.29 is 4.92 Å². The number of nitro benzene ring substituents is 1. The average molecular weight is 207 g/mol. The SMILES string of the molecule is O=[N+]([O-])c1cccc2[nH]cnc(=S)c12. The Bertz CT molecular complexity index is 559. The Balaban J connectivity index is 2.99. The molecule has 6 heteroatoms. The third-order valence-corrected chi connectivity index (χ3v) is 2.16. The third-order valence-electron chi connectivity index (χ3n) is 1.85. The second kappa shape index (κ2) is 3.15. The van der Waals surface area contributed by atoms with Crippen molar-refractivity contribution in [3.63, 3.8) is 0 Å². The van der Waals surface area contributed by atoms with Crippen LogP contribution in [-0.4, -0.2) is 14.9 Å². The van der Waals surface area contributed by atoms with E-state index < -0.39 is 4.92 Å². The molecular formula is C8H5N3O2S. The molecule has 0 saturated heterocycles. The molecule has 0 aliphatic carbocycles. The third kappa shape index (κ3) is 1.25. The van der Waals surface area contributed by atoms with Crippen molar-refractivity contribution >= 4 is 28.8 Å². The zero-order chi connectivity index (χ0) is 10.1. The maximum atomic E-state index is 10.7. The highest BCUT2D eigenvalue weighted by atomic mass is 32.1. The molecule has 1 heterocycles. The van der Waals surface area contributed by atoms with Crippen LogP contribution < -0.4 is 0 Å². The van der Waals surface area contributed by atoms with E-state index in [1.807, 2.05) is 0 Å². The maximum Gasteiger partial charge on any atom is 0.281 e. The molecule has 0 spiro atoms. The Labute approximate surface area is 83.6 Å². The zero-order valence-electron chi connectivity index (χ0n) is 6.93. The summed E-state index contributed by atoms with van der Waals surface area (Å²) in [5, 5.41) is 11.1. The smallest absolute Gasteiger partial charge is 0.281 e. The van der Waals surface area contributed by atoms with Gasteiger partial charge in [0.05, 0.1) is 16.8 Å². The minimum absolute atomic E-state index is 0.0168. The number of nitrogens with zero attached hydrogens (tertiary/aromatic N) is 2. The topological polar surface area (TPSA) is 71.8 Å². The lowest BCUT2D eigenvalue weighted by molar-refractivity contribution is -0.383. The molecule has 1 aromatic carbocycles. The molecule has 70 valence electrons. The van der Waals surface area contributed by atoms with E-state index in [0.717, 1.165) is 0 Å². The van der Waals surface area contributed by atoms with E-state index in [0.29, 0.717) is 10.9 Å². The van der Waals surface area contributed by atoms with Gasteiger partial charge in [-0.1, -0.05) is 18.3 Å². The fourth-order valence-electron chi connectivity index (χ4n) is 1.26. The number of nitrogens with one attached hydrogen (secondary N) is 1. The van der Waals surface area contributed by atoms with Gasteiger partial charge >= 0.3 is 0 Å². The number of benzene rings is 1. The van der Waals surface area contributed by atoms with Gasteiger partial charge in [-0.2, -0.15) is 0 Å². The standard InChI is InChI=1S/C8H5N3O2S/c12-11(13)6-3-1-2-5-7(6)8(14)10-4-9-5/h1-4H,(H,9,10,14). The van der Waals surface area contributed by atoms with Crippen LogP contribution in [0.2, 0.25) is 0 Å². The zero-order valence-corrected chi connectivity index (χ0v) is 7.75. The summed E-state index contributed by atoms with van der Waals surface area (Å²) in [6.45, 7) is 0. The Hall–Kier alpha value is -1.82. The van der Waals surface area contributed by atoms with Gasteiger partial charge in [0.1, 0.15) is 10.0 Å². The number of hydrogen-bond acceptors (Lipinski definition) is 4. The number of hydrogen-bond donors (Lipinski definition) is 1. The molecule has 0 fully saturated rings. The number of aromatic nitrogens is 2. The molecule has 0 aliphatic heterocycles. The number of aromatic amines is 1. The predicted molar refractivity (Wildman–Crippen MR) is 53.6 cm³/mol. The van der Waals surface area contributed by atoms with Crippen LogP contribution in [0.5, 0.6) is 0 Å². The lowest BCUT2D eigenvalue weighted by Crippen LogP contribution is -1.92. The predicted octanol–water partition coefficient (Wildman–Crippen LogP) is 2.20. The van der Waals surface area contributed by atoms with E-state index >= 15 is 0 Å². The fourth-order valence-corrected chi connectivity index (χ4v) is 1.53. The summed E-state index contributed by atoms with van der Waals surface area (Å²) in [5.74, 6) is 0. The van der Waals surface area contributed by atoms with Crippen LogP contribution in [0.3, 0.4) is 0 Å². The highest BCUT2D eigenvalue weighted by Gasteiger charge is 2.12. The first-order valence-electron chi connectivity index (χ1n) is 3.81. The van der Waals surface area contributed by atoms with Crippen molar-refractivity contribution in [1.82, 2.24) is 9.97 Å². The number of nitro groups is 1. The summed E-state index contributed by atoms with van der Waals surface area (Å²) in [6.07, 6.45) is 1.42. The fraction of sp³-hybridized carbons (Fsp3) is 0. The molecule has 0 saturated carbocycles. The van der Waals surface area contributed by atoms with E-state index in [4.69, 9.17) is 12.2 Å². The lowest BCUT2D eigenvalue weighted by atomic mass is 10.2. The van der Waals surface area contributed by atoms with Crippen molar-refractivity contribution in [3.05, 3.63) is 39.3 Å². The molecular weight excluding hydrogens is 202 g/mol. The second-order valence-corrected chi connectivity index (χ2v) is 3.05. The van der Waals surface area contributed by atoms with Gasteiger partial charge in [0.25, 0.3) is 5.69 Å². The molecule has 0 bridgehead atoms. The first-order valence-corrected chi connectivity index (χ1v) is 4.22. The van der Waals surface area contributed by atoms with Crippen LogP contribution in [0.25, 0.3) is 10.9 Å². The maximum absolute atomic E-state index is 10.7. The Morgan fingerprint density at radius 3 is 3.00 bits per heavy atom. The van der Waals surface area contributed by atoms with Gasteiger partial charge in [0.15, 0.2) is 0 Å². The Kier molecular flexibility index (Phi) is 1.97. The summed E-state index contributed by atoms with van der Waals surface area (Å²) >= 11 is 4.92. The summed E-state index contributed by atoms with van der Waals surface area (Å²) in [5.41, 5.74) is 0.607. The van der Waals surface area contributed by atoms with Gasteiger partial charge in [0, 0.05) is 6.07 Å². The van der Waals surface area contributed by atoms with Gasteiger partial charge in [-0.3, -0.25) is 10.1 Å². The molecule has 0 aliphatic rings. The molecule has 5 nitrogen and oxygen atoms in total. The van der Waals surface area contributed by atoms with E-state index in [2.05, 4.69) is 9.97 Å². The van der Waals surface area contributed by atoms with Gasteiger partial charge in [-0.15, -0.1) is 0 Å². The van der Waals surface area contributed by atoms with Crippen molar-refractivity contribution in [2.24, 2.45) is 0 Å². The van der Waals surface area contributed by atoms with Gasteiger partial charge in [0.2, 0.25) is 0 Å². The number of rotatable bonds is 1. The first kappa shape index (κ1) is 8.76. The summed E-state index contributed by atoms with van der Waals surface area (Å²) in [4.78, 5) is 16.8. The minimum atomic E-state index is -0.465. The Morgan fingerprint density at radius 1 is 1.50 bits per heavy atom. The van der Waals surface area contributed by atoms with Crippen LogP contribution in [0.1, 0.15) is 0 Å². The summed E-state index contributed by atoms with van der Waals surface area (Å²) in [7, 11) is 0. The summed E-state index contributed by atoms with van der Waals surface area (Å²) in [6, 6.07) is 4.74. The number of H-pyrrole nitrogens is 1. The van der Waals surface area contributed by atoms with E-state index in [9.17, 15) is 10.1 Å². The van der Waals surface area contributed by atoms with Crippen LogP contribution in [0, 0.1) is 14.8 Å². The van der Waals surface area contributed by atoms with Crippen molar-refractivity contribution in [2.75, 3.05) is 0 Å². The molecule has 0 radical (unpaired) electrons.